The van der Waals surface area contributed by atoms with Crippen molar-refractivity contribution in [3.8, 4) is 0 Å². The minimum atomic E-state index is -1.56. The second-order valence-electron chi connectivity index (χ2n) is 16.3. The van der Waals surface area contributed by atoms with Crippen molar-refractivity contribution < 1.29 is 53.6 Å². The number of carbonyl (C=O) groups is 1. The smallest absolute Gasteiger partial charge is 0.308 e. The monoisotopic (exact) mass is 670 g/mol. The molecule has 11 heteroatoms. The Labute approximate surface area is 281 Å². The van der Waals surface area contributed by atoms with E-state index in [1.165, 1.54) is 7.11 Å². The van der Waals surface area contributed by atoms with Gasteiger partial charge in [0.25, 0.3) is 0 Å². The topological polar surface area (TPSA) is 153 Å². The predicted molar refractivity (Wildman–Crippen MR) is 172 cm³/mol. The van der Waals surface area contributed by atoms with Gasteiger partial charge >= 0.3 is 5.97 Å². The Morgan fingerprint density at radius 2 is 1.72 bits per heavy atom. The molecule has 4 N–H and O–H groups in total. The molecule has 272 valence electrons. The van der Waals surface area contributed by atoms with Crippen LogP contribution in [0, 0.1) is 35.5 Å². The molecular weight excluding hydrogens is 608 g/mol. The molecule has 11 nitrogen and oxygen atoms in total. The van der Waals surface area contributed by atoms with Gasteiger partial charge in [0, 0.05) is 37.7 Å². The molecule has 5 aliphatic heterocycles. The van der Waals surface area contributed by atoms with Crippen molar-refractivity contribution in [1.82, 2.24) is 0 Å². The molecule has 0 amide bonds. The van der Waals surface area contributed by atoms with Gasteiger partial charge in [-0.15, -0.1) is 0 Å². The molecule has 5 aliphatic rings. The molecule has 5 heterocycles. The molecular formula is C36H62O11. The van der Waals surface area contributed by atoms with Crippen molar-refractivity contribution in [3.63, 3.8) is 0 Å². The van der Waals surface area contributed by atoms with Crippen molar-refractivity contribution in [3.05, 3.63) is 0 Å². The van der Waals surface area contributed by atoms with E-state index in [0.717, 1.165) is 32.1 Å². The zero-order valence-electron chi connectivity index (χ0n) is 30.0. The van der Waals surface area contributed by atoms with Gasteiger partial charge in [0.1, 0.15) is 0 Å². The summed E-state index contributed by atoms with van der Waals surface area (Å²) in [6.07, 6.45) is 2.99. The summed E-state index contributed by atoms with van der Waals surface area (Å²) in [6.45, 7) is 15.6. The number of methoxy groups -OCH3 is 1. The van der Waals surface area contributed by atoms with Crippen molar-refractivity contribution in [2.24, 2.45) is 35.5 Å². The molecule has 47 heavy (non-hydrogen) atoms. The highest BCUT2D eigenvalue weighted by Gasteiger charge is 2.62. The first-order valence-electron chi connectivity index (χ1n) is 18.1. The summed E-state index contributed by atoms with van der Waals surface area (Å²) < 4.78 is 39.4. The van der Waals surface area contributed by atoms with Crippen LogP contribution in [0.25, 0.3) is 0 Å². The fourth-order valence-electron chi connectivity index (χ4n) is 9.91. The maximum absolute atomic E-state index is 11.8. The Balaban J connectivity index is 1.29. The molecule has 5 saturated heterocycles. The molecule has 0 unspecified atom stereocenters. The second-order valence-corrected chi connectivity index (χ2v) is 16.3. The predicted octanol–water partition coefficient (Wildman–Crippen LogP) is 4.27. The van der Waals surface area contributed by atoms with Crippen molar-refractivity contribution in [1.29, 1.82) is 0 Å². The minimum Gasteiger partial charge on any atom is -0.481 e. The Morgan fingerprint density at radius 1 is 1.02 bits per heavy atom. The average molecular weight is 671 g/mol. The number of hydrogen-bond donors (Lipinski definition) is 4. The van der Waals surface area contributed by atoms with Crippen LogP contribution in [0.4, 0.5) is 0 Å². The maximum atomic E-state index is 11.8. The SMILES string of the molecule is CC[C@@]1([C@@H]2O[C@@H]([C@H]3O[C@@](O)(CO)[C@H](C)C[C@@H]3C)C[C@H]2C)CC[C@@H]([C@@]2(C)CC[C@@]3(C[C@@H](O)[C@H](C)[C@H]([C@H](C)[C@H](OC)[C@@H](C)C(=O)O)O3)O2)O1. The Morgan fingerprint density at radius 3 is 2.34 bits per heavy atom. The van der Waals surface area contributed by atoms with Gasteiger partial charge < -0.3 is 48.8 Å². The lowest BCUT2D eigenvalue weighted by Gasteiger charge is -2.49. The Bertz CT molecular complexity index is 1110. The number of carboxylic acids is 1. The van der Waals surface area contributed by atoms with Crippen molar-refractivity contribution >= 4 is 5.97 Å². The Hall–Kier alpha value is -0.890. The molecule has 0 bridgehead atoms. The fraction of sp³-hybridized carbons (Fsp3) is 0.972. The van der Waals surface area contributed by atoms with Crippen LogP contribution in [0.1, 0.15) is 107 Å². The molecule has 0 saturated carbocycles. The molecule has 0 aliphatic carbocycles. The summed E-state index contributed by atoms with van der Waals surface area (Å²) in [5, 5.41) is 41.8. The highest BCUT2D eigenvalue weighted by atomic mass is 16.7. The first-order chi connectivity index (χ1) is 22.0. The third-order valence-electron chi connectivity index (χ3n) is 13.0. The van der Waals surface area contributed by atoms with Gasteiger partial charge in [-0.05, 0) is 64.2 Å². The third-order valence-corrected chi connectivity index (χ3v) is 13.0. The normalized spacial score (nSPS) is 50.9. The van der Waals surface area contributed by atoms with E-state index in [0.29, 0.717) is 19.3 Å². The first kappa shape index (κ1) is 37.4. The lowest BCUT2D eigenvalue weighted by molar-refractivity contribution is -0.336. The number of aliphatic carboxylic acids is 1. The zero-order valence-corrected chi connectivity index (χ0v) is 30.0. The van der Waals surface area contributed by atoms with Crippen LogP contribution in [-0.2, 0) is 33.2 Å². The van der Waals surface area contributed by atoms with Gasteiger partial charge in [0.15, 0.2) is 11.6 Å². The number of carboxylic acid groups (broad SMARTS) is 1. The summed E-state index contributed by atoms with van der Waals surface area (Å²) in [5.41, 5.74) is -1.15. The van der Waals surface area contributed by atoms with E-state index in [1.807, 2.05) is 20.8 Å². The molecule has 0 radical (unpaired) electrons. The van der Waals surface area contributed by atoms with Gasteiger partial charge in [-0.1, -0.05) is 41.5 Å². The summed E-state index contributed by atoms with van der Waals surface area (Å²) in [6, 6.07) is 0. The highest BCUT2D eigenvalue weighted by Crippen LogP contribution is 2.55. The molecule has 1 spiro atoms. The Kier molecular flexibility index (Phi) is 10.9. The van der Waals surface area contributed by atoms with Gasteiger partial charge in [0.2, 0.25) is 0 Å². The van der Waals surface area contributed by atoms with Crippen LogP contribution in [0.5, 0.6) is 0 Å². The standard InChI is InChI=1S/C36H62O11/c1-10-34(31-20(3)16-26(43-31)28-19(2)15-21(4)36(41,18-37)46-28)12-11-27(44-34)33(8)13-14-35(47-33)17-25(38)22(5)30(45-35)23(6)29(42-9)24(7)32(39)40/h19-31,37-38,41H,10-18H2,1-9H3,(H,39,40)/t19-,20+,21+,22-,23+,24+,25+,26+,27-,28-,29-,30+,31+,33+,34-,35-,36-/m0/s1. The number of ether oxygens (including phenoxy) is 6. The van der Waals surface area contributed by atoms with E-state index in [9.17, 15) is 25.2 Å². The van der Waals surface area contributed by atoms with E-state index in [4.69, 9.17) is 28.4 Å². The number of aliphatic hydroxyl groups excluding tert-OH is 2. The van der Waals surface area contributed by atoms with E-state index in [-0.39, 0.29) is 54.0 Å². The van der Waals surface area contributed by atoms with Gasteiger partial charge in [-0.2, -0.15) is 0 Å². The minimum absolute atomic E-state index is 0.153. The molecule has 0 aromatic carbocycles. The van der Waals surface area contributed by atoms with Gasteiger partial charge in [0.05, 0.1) is 66.5 Å². The van der Waals surface area contributed by atoms with Crippen LogP contribution in [0.2, 0.25) is 0 Å². The number of aliphatic hydroxyl groups is 3. The third kappa shape index (κ3) is 6.67. The van der Waals surface area contributed by atoms with E-state index >= 15 is 0 Å². The van der Waals surface area contributed by atoms with E-state index < -0.39 is 59.6 Å². The summed E-state index contributed by atoms with van der Waals surface area (Å²) >= 11 is 0. The van der Waals surface area contributed by atoms with Gasteiger partial charge in [-0.25, -0.2) is 0 Å². The maximum Gasteiger partial charge on any atom is 0.308 e. The van der Waals surface area contributed by atoms with E-state index in [1.54, 1.807) is 6.92 Å². The van der Waals surface area contributed by atoms with Crippen LogP contribution < -0.4 is 0 Å². The lowest BCUT2D eigenvalue weighted by atomic mass is 9.78. The molecule has 5 fully saturated rings. The first-order valence-corrected chi connectivity index (χ1v) is 18.1. The quantitative estimate of drug-likeness (QED) is 0.264. The van der Waals surface area contributed by atoms with Crippen LogP contribution in [0.15, 0.2) is 0 Å². The van der Waals surface area contributed by atoms with Crippen molar-refractivity contribution in [2.75, 3.05) is 13.7 Å². The van der Waals surface area contributed by atoms with Crippen LogP contribution >= 0.6 is 0 Å². The van der Waals surface area contributed by atoms with E-state index in [2.05, 4.69) is 27.7 Å². The largest absolute Gasteiger partial charge is 0.481 e. The molecule has 0 aromatic rings. The highest BCUT2D eigenvalue weighted by molar-refractivity contribution is 5.70. The summed E-state index contributed by atoms with van der Waals surface area (Å²) in [5.74, 6) is -4.52. The number of hydrogen-bond acceptors (Lipinski definition) is 10. The molecule has 17 atom stereocenters. The van der Waals surface area contributed by atoms with Crippen LogP contribution in [0.3, 0.4) is 0 Å². The van der Waals surface area contributed by atoms with Crippen molar-refractivity contribution in [2.45, 2.75) is 172 Å². The number of rotatable bonds is 10. The summed E-state index contributed by atoms with van der Waals surface area (Å²) in [7, 11) is 1.52. The second kappa shape index (κ2) is 13.7. The fourth-order valence-corrected chi connectivity index (χ4v) is 9.91. The lowest BCUT2D eigenvalue weighted by Crippen LogP contribution is -2.57. The van der Waals surface area contributed by atoms with Crippen LogP contribution in [-0.4, -0.2) is 106 Å². The van der Waals surface area contributed by atoms with Gasteiger partial charge in [-0.3, -0.25) is 4.79 Å². The average Bonchev–Trinajstić information content (AvgIpc) is 3.73. The summed E-state index contributed by atoms with van der Waals surface area (Å²) in [4.78, 5) is 11.8. The zero-order chi connectivity index (χ0) is 34.7. The molecule has 5 rings (SSSR count). The molecule has 0 aromatic heterocycles.